The van der Waals surface area contributed by atoms with Crippen LogP contribution in [0.4, 0.5) is 0 Å². The monoisotopic (exact) mass is 247 g/mol. The smallest absolute Gasteiger partial charge is 0.119 e. The minimum Gasteiger partial charge on any atom is -0.494 e. The number of unbranched alkanes of at least 4 members (excludes halogenated alkanes) is 3. The molecule has 0 bridgehead atoms. The molecule has 1 rings (SSSR count). The Bertz CT molecular complexity index is 331. The van der Waals surface area contributed by atoms with Gasteiger partial charge in [0.15, 0.2) is 0 Å². The Balaban J connectivity index is 2.24. The van der Waals surface area contributed by atoms with E-state index in [0.29, 0.717) is 0 Å². The Labute approximate surface area is 111 Å². The molecule has 18 heavy (non-hydrogen) atoms. The van der Waals surface area contributed by atoms with Gasteiger partial charge in [-0.1, -0.05) is 25.1 Å². The van der Waals surface area contributed by atoms with Crippen molar-refractivity contribution in [3.63, 3.8) is 0 Å². The van der Waals surface area contributed by atoms with Gasteiger partial charge in [0.1, 0.15) is 5.75 Å². The van der Waals surface area contributed by atoms with E-state index in [9.17, 15) is 0 Å². The van der Waals surface area contributed by atoms with Gasteiger partial charge in [-0.15, -0.1) is 6.58 Å². The van der Waals surface area contributed by atoms with Crippen LogP contribution in [-0.2, 0) is 0 Å². The molecule has 0 fully saturated rings. The number of benzene rings is 1. The van der Waals surface area contributed by atoms with Gasteiger partial charge >= 0.3 is 0 Å². The average molecular weight is 247 g/mol. The van der Waals surface area contributed by atoms with Crippen molar-refractivity contribution in [3.8, 4) is 5.75 Å². The highest BCUT2D eigenvalue weighted by atomic mass is 16.5. The molecule has 2 nitrogen and oxygen atoms in total. The van der Waals surface area contributed by atoms with Gasteiger partial charge in [0.2, 0.25) is 0 Å². The molecule has 0 aromatic heterocycles. The van der Waals surface area contributed by atoms with Crippen LogP contribution in [0.1, 0.15) is 50.6 Å². The summed E-state index contributed by atoms with van der Waals surface area (Å²) >= 11 is 0. The largest absolute Gasteiger partial charge is 0.494 e. The van der Waals surface area contributed by atoms with Crippen LogP contribution in [0.3, 0.4) is 0 Å². The van der Waals surface area contributed by atoms with Gasteiger partial charge in [-0.25, -0.2) is 0 Å². The summed E-state index contributed by atoms with van der Waals surface area (Å²) in [6, 6.07) is 8.27. The zero-order valence-electron chi connectivity index (χ0n) is 11.4. The second kappa shape index (κ2) is 8.76. The zero-order chi connectivity index (χ0) is 13.2. The third-order valence-electron chi connectivity index (χ3n) is 3.07. The van der Waals surface area contributed by atoms with Crippen LogP contribution in [0.2, 0.25) is 0 Å². The molecule has 1 atom stereocenters. The molecule has 1 aromatic rings. The summed E-state index contributed by atoms with van der Waals surface area (Å²) in [6.45, 7) is 6.60. The van der Waals surface area contributed by atoms with E-state index in [1.807, 2.05) is 18.2 Å². The maximum atomic E-state index is 5.96. The van der Waals surface area contributed by atoms with Gasteiger partial charge in [-0.3, -0.25) is 0 Å². The van der Waals surface area contributed by atoms with Crippen molar-refractivity contribution in [1.29, 1.82) is 0 Å². The van der Waals surface area contributed by atoms with Crippen LogP contribution in [-0.4, -0.2) is 6.61 Å². The fourth-order valence-corrected chi connectivity index (χ4v) is 1.80. The standard InChI is InChI=1S/C16H25NO/c1-3-5-6-7-8-13-18-15-11-9-14(10-12-15)16(17)4-2/h3,9-12,16H,1,4-8,13,17H2,2H3/t16-/m1/s1. The van der Waals surface area contributed by atoms with Crippen molar-refractivity contribution in [1.82, 2.24) is 0 Å². The van der Waals surface area contributed by atoms with Crippen molar-refractivity contribution >= 4 is 0 Å². The van der Waals surface area contributed by atoms with Gasteiger partial charge in [0, 0.05) is 6.04 Å². The SMILES string of the molecule is C=CCCCCCOc1ccc([C@H](N)CC)cc1. The maximum absolute atomic E-state index is 5.96. The lowest BCUT2D eigenvalue weighted by Gasteiger charge is -2.10. The van der Waals surface area contributed by atoms with Gasteiger partial charge in [-0.05, 0) is 49.8 Å². The Morgan fingerprint density at radius 3 is 2.56 bits per heavy atom. The summed E-state index contributed by atoms with van der Waals surface area (Å²) in [5.41, 5.74) is 7.14. The van der Waals surface area contributed by atoms with E-state index in [2.05, 4.69) is 25.6 Å². The molecule has 0 unspecified atom stereocenters. The molecule has 2 N–H and O–H groups in total. The minimum atomic E-state index is 0.137. The molecule has 0 heterocycles. The summed E-state index contributed by atoms with van der Waals surface area (Å²) in [5, 5.41) is 0. The van der Waals surface area contributed by atoms with E-state index < -0.39 is 0 Å². The van der Waals surface area contributed by atoms with Crippen LogP contribution >= 0.6 is 0 Å². The lowest BCUT2D eigenvalue weighted by molar-refractivity contribution is 0.305. The predicted molar refractivity (Wildman–Crippen MR) is 77.8 cm³/mol. The van der Waals surface area contributed by atoms with Crippen molar-refractivity contribution in [2.24, 2.45) is 5.73 Å². The third-order valence-corrected chi connectivity index (χ3v) is 3.07. The van der Waals surface area contributed by atoms with Crippen molar-refractivity contribution in [2.45, 2.75) is 45.1 Å². The second-order valence-corrected chi connectivity index (χ2v) is 4.57. The summed E-state index contributed by atoms with van der Waals surface area (Å²) in [6.07, 6.45) is 7.54. The van der Waals surface area contributed by atoms with Crippen LogP contribution in [0, 0.1) is 0 Å². The highest BCUT2D eigenvalue weighted by Gasteiger charge is 2.02. The number of hydrogen-bond acceptors (Lipinski definition) is 2. The van der Waals surface area contributed by atoms with Crippen molar-refractivity contribution in [3.05, 3.63) is 42.5 Å². The van der Waals surface area contributed by atoms with Crippen molar-refractivity contribution in [2.75, 3.05) is 6.61 Å². The number of allylic oxidation sites excluding steroid dienone is 1. The van der Waals surface area contributed by atoms with E-state index in [0.717, 1.165) is 31.6 Å². The second-order valence-electron chi connectivity index (χ2n) is 4.57. The molecule has 0 radical (unpaired) electrons. The average Bonchev–Trinajstić information content (AvgIpc) is 2.42. The van der Waals surface area contributed by atoms with E-state index in [-0.39, 0.29) is 6.04 Å². The Morgan fingerprint density at radius 2 is 1.94 bits per heavy atom. The first-order chi connectivity index (χ1) is 8.77. The van der Waals surface area contributed by atoms with Gasteiger partial charge in [-0.2, -0.15) is 0 Å². The van der Waals surface area contributed by atoms with Gasteiger partial charge < -0.3 is 10.5 Å². The van der Waals surface area contributed by atoms with Gasteiger partial charge in [0.25, 0.3) is 0 Å². The first-order valence-corrected chi connectivity index (χ1v) is 6.87. The Kier molecular flexibility index (Phi) is 7.19. The maximum Gasteiger partial charge on any atom is 0.119 e. The van der Waals surface area contributed by atoms with Crippen LogP contribution in [0.15, 0.2) is 36.9 Å². The molecule has 0 spiro atoms. The molecule has 100 valence electrons. The highest BCUT2D eigenvalue weighted by Crippen LogP contribution is 2.18. The molecule has 0 aliphatic carbocycles. The lowest BCUT2D eigenvalue weighted by atomic mass is 10.1. The summed E-state index contributed by atoms with van der Waals surface area (Å²) in [5.74, 6) is 0.936. The van der Waals surface area contributed by atoms with Crippen LogP contribution in [0.25, 0.3) is 0 Å². The summed E-state index contributed by atoms with van der Waals surface area (Å²) < 4.78 is 5.69. The molecular weight excluding hydrogens is 222 g/mol. The molecule has 1 aromatic carbocycles. The molecule has 0 saturated heterocycles. The Hall–Kier alpha value is -1.28. The van der Waals surface area contributed by atoms with Crippen molar-refractivity contribution < 1.29 is 4.74 Å². The molecule has 0 amide bonds. The molecule has 0 saturated carbocycles. The topological polar surface area (TPSA) is 35.2 Å². The quantitative estimate of drug-likeness (QED) is 0.524. The fraction of sp³-hybridized carbons (Fsp3) is 0.500. The summed E-state index contributed by atoms with van der Waals surface area (Å²) in [7, 11) is 0. The summed E-state index contributed by atoms with van der Waals surface area (Å²) in [4.78, 5) is 0. The van der Waals surface area contributed by atoms with Gasteiger partial charge in [0.05, 0.1) is 6.61 Å². The molecular formula is C16H25NO. The minimum absolute atomic E-state index is 0.137. The lowest BCUT2D eigenvalue weighted by Crippen LogP contribution is -2.08. The third kappa shape index (κ3) is 5.37. The normalized spacial score (nSPS) is 12.1. The number of rotatable bonds is 9. The molecule has 0 aliphatic heterocycles. The number of nitrogens with two attached hydrogens (primary N) is 1. The Morgan fingerprint density at radius 1 is 1.22 bits per heavy atom. The molecule has 0 aliphatic rings. The first-order valence-electron chi connectivity index (χ1n) is 6.87. The van der Waals surface area contributed by atoms with Crippen LogP contribution in [0.5, 0.6) is 5.75 Å². The first kappa shape index (κ1) is 14.8. The van der Waals surface area contributed by atoms with E-state index >= 15 is 0 Å². The van der Waals surface area contributed by atoms with E-state index in [1.54, 1.807) is 0 Å². The fourth-order valence-electron chi connectivity index (χ4n) is 1.80. The van der Waals surface area contributed by atoms with E-state index in [1.165, 1.54) is 18.4 Å². The van der Waals surface area contributed by atoms with Crippen LogP contribution < -0.4 is 10.5 Å². The predicted octanol–water partition coefficient (Wildman–Crippen LogP) is 4.22. The number of hydrogen-bond donors (Lipinski definition) is 1. The highest BCUT2D eigenvalue weighted by molar-refractivity contribution is 5.28. The van der Waals surface area contributed by atoms with E-state index in [4.69, 9.17) is 10.5 Å². The zero-order valence-corrected chi connectivity index (χ0v) is 11.4. The number of ether oxygens (including phenoxy) is 1. The molecule has 2 heteroatoms.